The van der Waals surface area contributed by atoms with Crippen LogP contribution in [0.2, 0.25) is 0 Å². The van der Waals surface area contributed by atoms with Gasteiger partial charge in [0, 0.05) is 16.7 Å². The van der Waals surface area contributed by atoms with E-state index in [1.807, 2.05) is 84.9 Å². The Hall–Kier alpha value is -3.24. The maximum atomic E-state index is 6.89. The van der Waals surface area contributed by atoms with Crippen molar-refractivity contribution in [3.8, 4) is 0 Å². The molecule has 30 heavy (non-hydrogen) atoms. The molecule has 4 aromatic rings. The van der Waals surface area contributed by atoms with E-state index in [9.17, 15) is 0 Å². The van der Waals surface area contributed by atoms with Gasteiger partial charge in [-0.15, -0.1) is 0 Å². The fraction of sp³-hybridized carbons (Fsp3) is 0.111. The van der Waals surface area contributed by atoms with Gasteiger partial charge in [-0.05, 0) is 11.1 Å². The van der Waals surface area contributed by atoms with Crippen LogP contribution in [0.25, 0.3) is 0 Å². The highest BCUT2D eigenvalue weighted by Gasteiger charge is 2.65. The van der Waals surface area contributed by atoms with Crippen LogP contribution in [0.15, 0.2) is 115 Å². The summed E-state index contributed by atoms with van der Waals surface area (Å²) in [5, 5.41) is 0. The highest BCUT2D eigenvalue weighted by Crippen LogP contribution is 2.62. The molecule has 3 heteroatoms. The third-order valence-corrected chi connectivity index (χ3v) is 6.05. The normalized spacial score (nSPS) is 26.9. The number of hydrogen-bond acceptors (Lipinski definition) is 3. The van der Waals surface area contributed by atoms with Crippen molar-refractivity contribution in [2.24, 2.45) is 0 Å². The lowest BCUT2D eigenvalue weighted by Gasteiger charge is -2.42. The van der Waals surface area contributed by atoms with Gasteiger partial charge in [0.15, 0.2) is 0 Å². The van der Waals surface area contributed by atoms with Crippen LogP contribution in [0.1, 0.15) is 33.7 Å². The quantitative estimate of drug-likeness (QED) is 0.409. The Balaban J connectivity index is 1.67. The molecule has 1 saturated heterocycles. The van der Waals surface area contributed by atoms with Crippen LogP contribution < -0.4 is 0 Å². The smallest absolute Gasteiger partial charge is 0.257 e. The standard InChI is InChI=1S/C27H20O3/c1-4-12-20(13-5-1)25-23-18-10-11-19-24(23)26(21-14-6-2-7-15-21)28-27(25,30-29-26)22-16-8-3-9-17-22/h1-19,25H/t25?,26-,27+/m0/s1. The monoisotopic (exact) mass is 392 g/mol. The zero-order chi connectivity index (χ0) is 20.0. The molecule has 0 amide bonds. The van der Waals surface area contributed by atoms with Gasteiger partial charge < -0.3 is 0 Å². The Kier molecular flexibility index (Phi) is 3.90. The largest absolute Gasteiger partial charge is 0.299 e. The summed E-state index contributed by atoms with van der Waals surface area (Å²) in [6, 6.07) is 38.7. The van der Waals surface area contributed by atoms with Gasteiger partial charge in [-0.1, -0.05) is 115 Å². The first-order valence-corrected chi connectivity index (χ1v) is 10.2. The molecule has 1 fully saturated rings. The molecule has 4 aromatic carbocycles. The maximum absolute atomic E-state index is 6.89. The first-order chi connectivity index (χ1) is 14.8. The predicted octanol–water partition coefficient (Wildman–Crippen LogP) is 5.86. The third kappa shape index (κ3) is 2.37. The third-order valence-electron chi connectivity index (χ3n) is 6.05. The van der Waals surface area contributed by atoms with Crippen molar-refractivity contribution >= 4 is 0 Å². The van der Waals surface area contributed by atoms with Crippen LogP contribution in [0, 0.1) is 0 Å². The van der Waals surface area contributed by atoms with E-state index in [2.05, 4.69) is 30.3 Å². The summed E-state index contributed by atoms with van der Waals surface area (Å²) in [6.45, 7) is 0. The van der Waals surface area contributed by atoms with Crippen LogP contribution in [0.4, 0.5) is 0 Å². The van der Waals surface area contributed by atoms with Crippen molar-refractivity contribution in [1.82, 2.24) is 0 Å². The Labute approximate surface area is 175 Å². The van der Waals surface area contributed by atoms with E-state index in [1.165, 1.54) is 0 Å². The number of benzene rings is 4. The summed E-state index contributed by atoms with van der Waals surface area (Å²) in [6.07, 6.45) is 0. The molecule has 0 aromatic heterocycles. The molecule has 2 aliphatic rings. The van der Waals surface area contributed by atoms with Gasteiger partial charge in [0.05, 0.1) is 5.92 Å². The molecule has 146 valence electrons. The predicted molar refractivity (Wildman–Crippen MR) is 113 cm³/mol. The van der Waals surface area contributed by atoms with Crippen LogP contribution in [-0.4, -0.2) is 0 Å². The second-order valence-electron chi connectivity index (χ2n) is 7.72. The Bertz CT molecular complexity index is 1180. The zero-order valence-electron chi connectivity index (χ0n) is 16.3. The van der Waals surface area contributed by atoms with E-state index in [0.29, 0.717) is 0 Å². The van der Waals surface area contributed by atoms with Crippen LogP contribution in [0.3, 0.4) is 0 Å². The van der Waals surface area contributed by atoms with Gasteiger partial charge in [0.1, 0.15) is 0 Å². The molecule has 0 radical (unpaired) electrons. The molecule has 1 unspecified atom stereocenters. The van der Waals surface area contributed by atoms with Crippen molar-refractivity contribution in [3.05, 3.63) is 143 Å². The Morgan fingerprint density at radius 3 is 1.80 bits per heavy atom. The van der Waals surface area contributed by atoms with E-state index in [1.54, 1.807) is 0 Å². The van der Waals surface area contributed by atoms with Gasteiger partial charge >= 0.3 is 0 Å². The molecule has 3 atom stereocenters. The van der Waals surface area contributed by atoms with Gasteiger partial charge in [-0.3, -0.25) is 4.74 Å². The van der Waals surface area contributed by atoms with E-state index in [0.717, 1.165) is 27.8 Å². The molecule has 2 heterocycles. The lowest BCUT2D eigenvalue weighted by molar-refractivity contribution is -0.349. The summed E-state index contributed by atoms with van der Waals surface area (Å²) >= 11 is 0. The van der Waals surface area contributed by atoms with E-state index >= 15 is 0 Å². The molecular formula is C27H20O3. The fourth-order valence-electron chi connectivity index (χ4n) is 4.74. The Morgan fingerprint density at radius 2 is 1.10 bits per heavy atom. The van der Waals surface area contributed by atoms with Gasteiger partial charge in [-0.25, -0.2) is 0 Å². The highest BCUT2D eigenvalue weighted by atomic mass is 17.3. The molecule has 3 nitrogen and oxygen atoms in total. The molecule has 0 spiro atoms. The van der Waals surface area contributed by atoms with Gasteiger partial charge in [0.2, 0.25) is 5.79 Å². The van der Waals surface area contributed by atoms with Crippen molar-refractivity contribution in [3.63, 3.8) is 0 Å². The molecule has 0 N–H and O–H groups in total. The lowest BCUT2D eigenvalue weighted by Crippen LogP contribution is -2.44. The fourth-order valence-corrected chi connectivity index (χ4v) is 4.74. The average molecular weight is 392 g/mol. The summed E-state index contributed by atoms with van der Waals surface area (Å²) < 4.78 is 6.89. The minimum atomic E-state index is -1.13. The van der Waals surface area contributed by atoms with Crippen LogP contribution in [0.5, 0.6) is 0 Å². The van der Waals surface area contributed by atoms with Crippen LogP contribution in [-0.2, 0) is 26.1 Å². The molecule has 2 aliphatic heterocycles. The van der Waals surface area contributed by atoms with E-state index in [-0.39, 0.29) is 5.92 Å². The van der Waals surface area contributed by atoms with Gasteiger partial charge in [-0.2, -0.15) is 9.78 Å². The minimum absolute atomic E-state index is 0.184. The molecular weight excluding hydrogens is 372 g/mol. The SMILES string of the molecule is c1ccc(C2c3ccccc3[C@]3(c4ccccc4)OO[C@@]2(c2ccccc2)O3)cc1. The molecule has 0 aliphatic carbocycles. The first kappa shape index (κ1) is 17.6. The van der Waals surface area contributed by atoms with Crippen molar-refractivity contribution < 1.29 is 14.5 Å². The molecule has 0 saturated carbocycles. The van der Waals surface area contributed by atoms with Crippen molar-refractivity contribution in [2.75, 3.05) is 0 Å². The average Bonchev–Trinajstić information content (AvgIpc) is 3.19. The first-order valence-electron chi connectivity index (χ1n) is 10.2. The zero-order valence-corrected chi connectivity index (χ0v) is 16.3. The van der Waals surface area contributed by atoms with E-state index in [4.69, 9.17) is 14.5 Å². The Morgan fingerprint density at radius 1 is 0.533 bits per heavy atom. The van der Waals surface area contributed by atoms with Crippen LogP contribution >= 0.6 is 0 Å². The second-order valence-corrected chi connectivity index (χ2v) is 7.72. The second kappa shape index (κ2) is 6.64. The minimum Gasteiger partial charge on any atom is -0.299 e. The summed E-state index contributed by atoms with van der Waals surface area (Å²) in [4.78, 5) is 12.4. The number of hydrogen-bond donors (Lipinski definition) is 0. The number of rotatable bonds is 3. The summed E-state index contributed by atoms with van der Waals surface area (Å²) in [5.41, 5.74) is 5.04. The topological polar surface area (TPSA) is 27.7 Å². The summed E-state index contributed by atoms with van der Waals surface area (Å²) in [7, 11) is 0. The van der Waals surface area contributed by atoms with Gasteiger partial charge in [0.25, 0.3) is 5.79 Å². The molecule has 2 bridgehead atoms. The highest BCUT2D eigenvalue weighted by molar-refractivity contribution is 5.51. The number of ether oxygens (including phenoxy) is 1. The van der Waals surface area contributed by atoms with Crippen molar-refractivity contribution in [1.29, 1.82) is 0 Å². The molecule has 6 rings (SSSR count). The summed E-state index contributed by atoms with van der Waals surface area (Å²) in [5.74, 6) is -2.41. The maximum Gasteiger partial charge on any atom is 0.257 e. The van der Waals surface area contributed by atoms with Crippen molar-refractivity contribution in [2.45, 2.75) is 17.5 Å². The van der Waals surface area contributed by atoms with E-state index < -0.39 is 11.6 Å². The lowest BCUT2D eigenvalue weighted by atomic mass is 9.74. The number of fused-ring (bicyclic) bond motifs is 4.